The van der Waals surface area contributed by atoms with Crippen LogP contribution in [-0.2, 0) is 13.2 Å². The summed E-state index contributed by atoms with van der Waals surface area (Å²) >= 11 is 6.16. The molecule has 0 radical (unpaired) electrons. The molecule has 11 nitrogen and oxygen atoms in total. The molecular weight excluding hydrogens is 538 g/mol. The van der Waals surface area contributed by atoms with Crippen LogP contribution in [0.3, 0.4) is 0 Å². The second kappa shape index (κ2) is 11.7. The molecule has 2 aromatic heterocycles. The number of rotatable bonds is 9. The molecule has 0 saturated heterocycles. The van der Waals surface area contributed by atoms with Crippen LogP contribution in [0, 0.1) is 11.6 Å². The number of fused-ring (bicyclic) bond motifs is 1. The summed E-state index contributed by atoms with van der Waals surface area (Å²) in [6.07, 6.45) is 1.18. The molecule has 0 aliphatic heterocycles. The number of ether oxygens (including phenoxy) is 1. The molecule has 0 atom stereocenters. The number of imidazole rings is 1. The Morgan fingerprint density at radius 2 is 1.64 bits per heavy atom. The van der Waals surface area contributed by atoms with Crippen LogP contribution in [0.2, 0.25) is 5.02 Å². The van der Waals surface area contributed by atoms with Gasteiger partial charge in [-0.05, 0) is 43.9 Å². The second-order valence-corrected chi connectivity index (χ2v) is 8.82. The molecule has 0 fully saturated rings. The van der Waals surface area contributed by atoms with Gasteiger partial charge in [0.15, 0.2) is 5.02 Å². The lowest BCUT2D eigenvalue weighted by atomic mass is 10.2. The fourth-order valence-corrected chi connectivity index (χ4v) is 4.14. The summed E-state index contributed by atoms with van der Waals surface area (Å²) in [5.41, 5.74) is -0.487. The molecule has 2 aromatic carbocycles. The topological polar surface area (TPSA) is 129 Å². The van der Waals surface area contributed by atoms with Gasteiger partial charge in [-0.15, -0.1) is 0 Å². The highest BCUT2D eigenvalue weighted by Gasteiger charge is 2.22. The first-order valence-electron chi connectivity index (χ1n) is 11.6. The van der Waals surface area contributed by atoms with Gasteiger partial charge in [-0.3, -0.25) is 19.0 Å². The van der Waals surface area contributed by atoms with Gasteiger partial charge in [0.25, 0.3) is 5.56 Å². The average Bonchev–Trinajstić information content (AvgIpc) is 3.18. The number of likely N-dealkylation sites (N-methyl/N-ethyl adjacent to an activating group) is 2. The van der Waals surface area contributed by atoms with Crippen LogP contribution < -0.4 is 26.6 Å². The zero-order valence-electron chi connectivity index (χ0n) is 20.8. The highest BCUT2D eigenvalue weighted by Crippen LogP contribution is 2.20. The summed E-state index contributed by atoms with van der Waals surface area (Å²) < 4.78 is 35.4. The number of carbonyl (C=O) groups is 2. The van der Waals surface area contributed by atoms with Crippen LogP contribution in [-0.4, -0.2) is 57.7 Å². The largest absolute Gasteiger partial charge is 0.471 e. The minimum Gasteiger partial charge on any atom is -0.471 e. The number of hydrogen-bond donors (Lipinski definition) is 2. The Kier molecular flexibility index (Phi) is 8.33. The minimum absolute atomic E-state index is 0.0432. The normalized spacial score (nSPS) is 11.2. The second-order valence-electron chi connectivity index (χ2n) is 8.45. The summed E-state index contributed by atoms with van der Waals surface area (Å²) in [7, 11) is 3.10. The number of halogens is 3. The van der Waals surface area contributed by atoms with Crippen molar-refractivity contribution in [2.24, 2.45) is 0 Å². The highest BCUT2D eigenvalue weighted by atomic mass is 35.5. The van der Waals surface area contributed by atoms with Crippen molar-refractivity contribution >= 4 is 34.4 Å². The molecular formula is C25H23ClF2N6O5. The van der Waals surface area contributed by atoms with Crippen molar-refractivity contribution in [2.45, 2.75) is 13.2 Å². The maximum atomic E-state index is 13.9. The summed E-state index contributed by atoms with van der Waals surface area (Å²) in [5.74, 6) is -2.90. The van der Waals surface area contributed by atoms with Gasteiger partial charge in [0, 0.05) is 11.6 Å². The maximum absolute atomic E-state index is 13.9. The van der Waals surface area contributed by atoms with Gasteiger partial charge >= 0.3 is 5.69 Å². The SMILES string of the molecule is CNCC(=O)n1c(=O)n(C(=O)CNC)c2cc(Cn3cnc(OCc4ccc(F)cc4F)c(Cl)c3=O)ccc21. The van der Waals surface area contributed by atoms with Gasteiger partial charge in [0.1, 0.15) is 24.6 Å². The third kappa shape index (κ3) is 5.65. The van der Waals surface area contributed by atoms with E-state index in [1.165, 1.54) is 29.1 Å². The predicted molar refractivity (Wildman–Crippen MR) is 139 cm³/mol. The first-order chi connectivity index (χ1) is 18.7. The van der Waals surface area contributed by atoms with E-state index >= 15 is 0 Å². The molecule has 0 bridgehead atoms. The van der Waals surface area contributed by atoms with E-state index in [4.69, 9.17) is 16.3 Å². The molecule has 2 N–H and O–H groups in total. The van der Waals surface area contributed by atoms with E-state index in [1.54, 1.807) is 20.2 Å². The fourth-order valence-electron chi connectivity index (χ4n) is 3.93. The van der Waals surface area contributed by atoms with Crippen molar-refractivity contribution in [2.75, 3.05) is 27.2 Å². The molecule has 0 amide bonds. The van der Waals surface area contributed by atoms with Crippen LogP contribution in [0.1, 0.15) is 20.7 Å². The Balaban J connectivity index is 1.65. The molecule has 204 valence electrons. The number of nitrogens with one attached hydrogen (secondary N) is 2. The third-order valence-electron chi connectivity index (χ3n) is 5.74. The molecule has 0 aliphatic rings. The number of benzene rings is 2. The molecule has 4 aromatic rings. The quantitative estimate of drug-likeness (QED) is 0.316. The number of aromatic nitrogens is 4. The Morgan fingerprint density at radius 1 is 0.974 bits per heavy atom. The van der Waals surface area contributed by atoms with Crippen LogP contribution in [0.25, 0.3) is 11.0 Å². The van der Waals surface area contributed by atoms with Gasteiger partial charge in [-0.1, -0.05) is 17.7 Å². The van der Waals surface area contributed by atoms with Crippen molar-refractivity contribution < 1.29 is 23.1 Å². The fraction of sp³-hybridized carbons (Fsp3) is 0.240. The molecule has 39 heavy (non-hydrogen) atoms. The summed E-state index contributed by atoms with van der Waals surface area (Å²) in [5, 5.41) is 5.02. The van der Waals surface area contributed by atoms with Crippen molar-refractivity contribution in [1.29, 1.82) is 0 Å². The van der Waals surface area contributed by atoms with Crippen LogP contribution in [0.15, 0.2) is 52.3 Å². The molecule has 0 unspecified atom stereocenters. The van der Waals surface area contributed by atoms with Gasteiger partial charge in [0.05, 0.1) is 30.7 Å². The smallest absolute Gasteiger partial charge is 0.342 e. The summed E-state index contributed by atoms with van der Waals surface area (Å²) in [4.78, 5) is 55.2. The lowest BCUT2D eigenvalue weighted by Crippen LogP contribution is -2.38. The Labute approximate surface area is 224 Å². The monoisotopic (exact) mass is 560 g/mol. The average molecular weight is 561 g/mol. The van der Waals surface area contributed by atoms with Crippen molar-refractivity contribution in [3.63, 3.8) is 0 Å². The van der Waals surface area contributed by atoms with Crippen LogP contribution in [0.4, 0.5) is 8.78 Å². The van der Waals surface area contributed by atoms with E-state index in [0.29, 0.717) is 11.6 Å². The van der Waals surface area contributed by atoms with E-state index in [0.717, 1.165) is 15.2 Å². The molecule has 2 heterocycles. The van der Waals surface area contributed by atoms with E-state index in [1.807, 2.05) is 0 Å². The minimum atomic E-state index is -0.817. The van der Waals surface area contributed by atoms with Gasteiger partial charge in [0.2, 0.25) is 17.7 Å². The zero-order valence-corrected chi connectivity index (χ0v) is 21.6. The third-order valence-corrected chi connectivity index (χ3v) is 6.07. The molecule has 14 heteroatoms. The first kappa shape index (κ1) is 27.8. The molecule has 0 aliphatic carbocycles. The maximum Gasteiger partial charge on any atom is 0.342 e. The Morgan fingerprint density at radius 3 is 2.28 bits per heavy atom. The van der Waals surface area contributed by atoms with Crippen molar-refractivity contribution in [1.82, 2.24) is 29.3 Å². The lowest BCUT2D eigenvalue weighted by Gasteiger charge is -2.11. The highest BCUT2D eigenvalue weighted by molar-refractivity contribution is 6.31. The summed E-state index contributed by atoms with van der Waals surface area (Å²) in [6, 6.07) is 7.62. The summed E-state index contributed by atoms with van der Waals surface area (Å²) in [6.45, 7) is -0.646. The van der Waals surface area contributed by atoms with Gasteiger partial charge in [-0.25, -0.2) is 27.7 Å². The van der Waals surface area contributed by atoms with E-state index in [9.17, 15) is 28.0 Å². The number of carbonyl (C=O) groups excluding carboxylic acids is 2. The number of hydrogen-bond acceptors (Lipinski definition) is 8. The van der Waals surface area contributed by atoms with Gasteiger partial charge < -0.3 is 15.4 Å². The zero-order chi connectivity index (χ0) is 28.3. The van der Waals surface area contributed by atoms with E-state index in [2.05, 4.69) is 15.6 Å². The predicted octanol–water partition coefficient (Wildman–Crippen LogP) is 1.64. The molecule has 0 saturated carbocycles. The molecule has 0 spiro atoms. The Hall–Kier alpha value is -4.20. The van der Waals surface area contributed by atoms with E-state index < -0.39 is 34.7 Å². The lowest BCUT2D eigenvalue weighted by molar-refractivity contribution is 0.0902. The van der Waals surface area contributed by atoms with E-state index in [-0.39, 0.29) is 53.7 Å². The standard InChI is InChI=1S/C25H23ClF2N6O5/c1-29-9-20(35)33-18-6-3-14(7-19(18)34(25(33)38)21(36)10-30-2)11-32-13-31-23(22(26)24(32)37)39-12-15-4-5-16(27)8-17(15)28/h3-8,13,29-30H,9-12H2,1-2H3. The van der Waals surface area contributed by atoms with Gasteiger partial charge in [-0.2, -0.15) is 0 Å². The van der Waals surface area contributed by atoms with Crippen molar-refractivity contribution in [3.8, 4) is 5.88 Å². The van der Waals surface area contributed by atoms with Crippen molar-refractivity contribution in [3.05, 3.63) is 91.3 Å². The Bertz CT molecular complexity index is 1700. The van der Waals surface area contributed by atoms with Crippen LogP contribution >= 0.6 is 11.6 Å². The number of nitrogens with zero attached hydrogens (tertiary/aromatic N) is 4. The molecule has 4 rings (SSSR count). The first-order valence-corrected chi connectivity index (χ1v) is 12.0. The van der Waals surface area contributed by atoms with Crippen LogP contribution in [0.5, 0.6) is 5.88 Å².